The summed E-state index contributed by atoms with van der Waals surface area (Å²) in [6.07, 6.45) is 2.88. The van der Waals surface area contributed by atoms with E-state index < -0.39 is 5.91 Å². The number of benzene rings is 2. The Balaban J connectivity index is 1.37. The number of nitrogens with one attached hydrogen (secondary N) is 2. The number of halogens is 3. The second-order valence-electron chi connectivity index (χ2n) is 6.67. The second-order valence-corrected chi connectivity index (χ2v) is 9.30. The van der Waals surface area contributed by atoms with Crippen molar-refractivity contribution in [3.05, 3.63) is 74.9 Å². The summed E-state index contributed by atoms with van der Waals surface area (Å²) in [5, 5.41) is 7.49. The molecule has 0 fully saturated rings. The van der Waals surface area contributed by atoms with E-state index in [2.05, 4.69) is 15.6 Å². The number of fused-ring (bicyclic) bond motifs is 1. The molecule has 10 heteroatoms. The van der Waals surface area contributed by atoms with E-state index in [-0.39, 0.29) is 5.11 Å². The van der Waals surface area contributed by atoms with Gasteiger partial charge >= 0.3 is 0 Å². The number of aryl methyl sites for hydroxylation is 1. The minimum Gasteiger partial charge on any atom is -0.457 e. The van der Waals surface area contributed by atoms with Crippen LogP contribution in [0.4, 0.5) is 5.13 Å². The van der Waals surface area contributed by atoms with Crippen LogP contribution in [0.3, 0.4) is 0 Å². The Morgan fingerprint density at radius 3 is 2.72 bits per heavy atom. The molecule has 0 saturated heterocycles. The van der Waals surface area contributed by atoms with Crippen LogP contribution in [0, 0.1) is 6.92 Å². The standard InChI is InChI=1S/C22H14Cl3N3O2S2/c1-11-2-3-12(10-15(11)24)16-7-4-13(30-16)5-9-18(29)26-21(31)28-22-27-20-17(32-22)8-6-14(23)19(20)25/h2-10H,1H3,(H2,26,27,28,29,31)/b9-5+. The number of rotatable bonds is 4. The average Bonchev–Trinajstić information content (AvgIpc) is 3.38. The average molecular weight is 523 g/mol. The molecule has 0 aliphatic heterocycles. The first-order valence-corrected chi connectivity index (χ1v) is 11.6. The topological polar surface area (TPSA) is 67.2 Å². The van der Waals surface area contributed by atoms with Gasteiger partial charge in [-0.2, -0.15) is 0 Å². The molecule has 0 atom stereocenters. The van der Waals surface area contributed by atoms with Gasteiger partial charge in [0.05, 0.1) is 14.7 Å². The van der Waals surface area contributed by atoms with E-state index in [0.29, 0.717) is 37.2 Å². The number of aromatic nitrogens is 1. The third-order valence-corrected chi connectivity index (χ3v) is 6.73. The minimum absolute atomic E-state index is 0.107. The van der Waals surface area contributed by atoms with Crippen molar-refractivity contribution in [1.29, 1.82) is 0 Å². The summed E-state index contributed by atoms with van der Waals surface area (Å²) in [5.41, 5.74) is 2.41. The number of furan rings is 1. The Morgan fingerprint density at radius 1 is 1.12 bits per heavy atom. The predicted octanol–water partition coefficient (Wildman–Crippen LogP) is 7.35. The van der Waals surface area contributed by atoms with Crippen LogP contribution in [0.5, 0.6) is 0 Å². The fourth-order valence-corrected chi connectivity index (χ4v) is 4.51. The van der Waals surface area contributed by atoms with Crippen LogP contribution in [-0.2, 0) is 4.79 Å². The van der Waals surface area contributed by atoms with Gasteiger partial charge in [-0.15, -0.1) is 0 Å². The summed E-state index contributed by atoms with van der Waals surface area (Å²) in [6.45, 7) is 1.93. The van der Waals surface area contributed by atoms with E-state index in [9.17, 15) is 4.79 Å². The van der Waals surface area contributed by atoms with Gasteiger partial charge in [-0.1, -0.05) is 58.3 Å². The molecular formula is C22H14Cl3N3O2S2. The van der Waals surface area contributed by atoms with Crippen LogP contribution < -0.4 is 10.6 Å². The number of carbonyl (C=O) groups excluding carboxylic acids is 1. The van der Waals surface area contributed by atoms with Crippen molar-refractivity contribution in [2.45, 2.75) is 6.92 Å². The Hall–Kier alpha value is -2.42. The van der Waals surface area contributed by atoms with Gasteiger partial charge in [-0.3, -0.25) is 10.1 Å². The molecule has 0 spiro atoms. The van der Waals surface area contributed by atoms with Crippen molar-refractivity contribution >= 4 is 90.8 Å². The predicted molar refractivity (Wildman–Crippen MR) is 137 cm³/mol. The molecule has 2 heterocycles. The van der Waals surface area contributed by atoms with E-state index in [1.165, 1.54) is 17.4 Å². The molecule has 2 aromatic carbocycles. The molecule has 4 rings (SSSR count). The summed E-state index contributed by atoms with van der Waals surface area (Å²) in [5.74, 6) is 0.753. The first-order valence-electron chi connectivity index (χ1n) is 9.21. The highest BCUT2D eigenvalue weighted by Crippen LogP contribution is 2.35. The third kappa shape index (κ3) is 5.14. The van der Waals surface area contributed by atoms with Gasteiger partial charge in [0.2, 0.25) is 5.91 Å². The lowest BCUT2D eigenvalue weighted by Crippen LogP contribution is -2.32. The van der Waals surface area contributed by atoms with Crippen molar-refractivity contribution in [2.75, 3.05) is 5.32 Å². The third-order valence-electron chi connectivity index (χ3n) is 4.39. The van der Waals surface area contributed by atoms with Gasteiger partial charge < -0.3 is 9.73 Å². The van der Waals surface area contributed by atoms with E-state index >= 15 is 0 Å². The molecule has 32 heavy (non-hydrogen) atoms. The molecule has 0 bridgehead atoms. The smallest absolute Gasteiger partial charge is 0.250 e. The molecule has 0 radical (unpaired) electrons. The quantitative estimate of drug-likeness (QED) is 0.217. The van der Waals surface area contributed by atoms with Crippen LogP contribution in [0.15, 0.2) is 53.0 Å². The number of carbonyl (C=O) groups is 1. The molecule has 5 nitrogen and oxygen atoms in total. The lowest BCUT2D eigenvalue weighted by molar-refractivity contribution is -0.115. The zero-order valence-electron chi connectivity index (χ0n) is 16.4. The van der Waals surface area contributed by atoms with Gasteiger partial charge in [-0.05, 0) is 61.1 Å². The fraction of sp³-hybridized carbons (Fsp3) is 0.0455. The first kappa shape index (κ1) is 22.8. The SMILES string of the molecule is Cc1ccc(-c2ccc(/C=C/C(=O)NC(=S)Nc3nc4c(Cl)c(Cl)ccc4s3)o2)cc1Cl. The van der Waals surface area contributed by atoms with E-state index in [4.69, 9.17) is 51.4 Å². The molecule has 0 saturated carbocycles. The highest BCUT2D eigenvalue weighted by molar-refractivity contribution is 7.80. The monoisotopic (exact) mass is 521 g/mol. The molecule has 1 amide bonds. The molecule has 2 aromatic heterocycles. The van der Waals surface area contributed by atoms with Crippen molar-refractivity contribution < 1.29 is 9.21 Å². The maximum atomic E-state index is 12.2. The highest BCUT2D eigenvalue weighted by atomic mass is 35.5. The van der Waals surface area contributed by atoms with Crippen LogP contribution in [-0.4, -0.2) is 16.0 Å². The zero-order chi connectivity index (χ0) is 22.8. The van der Waals surface area contributed by atoms with Crippen molar-refractivity contribution in [1.82, 2.24) is 10.3 Å². The van der Waals surface area contributed by atoms with Crippen LogP contribution in [0.1, 0.15) is 11.3 Å². The van der Waals surface area contributed by atoms with E-state index in [0.717, 1.165) is 15.8 Å². The first-order chi connectivity index (χ1) is 15.3. The molecule has 0 aliphatic carbocycles. The normalized spacial score (nSPS) is 11.2. The summed E-state index contributed by atoms with van der Waals surface area (Å²) in [7, 11) is 0. The lowest BCUT2D eigenvalue weighted by Gasteiger charge is -2.04. The zero-order valence-corrected chi connectivity index (χ0v) is 20.3. The largest absolute Gasteiger partial charge is 0.457 e. The number of thiocarbonyl (C=S) groups is 1. The summed E-state index contributed by atoms with van der Waals surface area (Å²) in [4.78, 5) is 16.6. The lowest BCUT2D eigenvalue weighted by atomic mass is 10.1. The van der Waals surface area contributed by atoms with Crippen LogP contribution >= 0.6 is 58.4 Å². The van der Waals surface area contributed by atoms with Crippen molar-refractivity contribution in [3.8, 4) is 11.3 Å². The van der Waals surface area contributed by atoms with Crippen molar-refractivity contribution in [3.63, 3.8) is 0 Å². The van der Waals surface area contributed by atoms with Gasteiger partial charge in [0.15, 0.2) is 10.2 Å². The molecule has 2 N–H and O–H groups in total. The minimum atomic E-state index is -0.416. The number of thiazole rings is 1. The van der Waals surface area contributed by atoms with Gasteiger partial charge in [0.1, 0.15) is 17.0 Å². The summed E-state index contributed by atoms with van der Waals surface area (Å²) in [6, 6.07) is 12.8. The highest BCUT2D eigenvalue weighted by Gasteiger charge is 2.12. The fourth-order valence-electron chi connectivity index (χ4n) is 2.77. The van der Waals surface area contributed by atoms with Gasteiger partial charge in [0.25, 0.3) is 0 Å². The van der Waals surface area contributed by atoms with Gasteiger partial charge in [0, 0.05) is 16.7 Å². The molecule has 162 valence electrons. The second kappa shape index (κ2) is 9.60. The maximum absolute atomic E-state index is 12.2. The number of anilines is 1. The van der Waals surface area contributed by atoms with E-state index in [1.807, 2.05) is 37.3 Å². The number of amides is 1. The Morgan fingerprint density at radius 2 is 1.94 bits per heavy atom. The number of nitrogens with zero attached hydrogens (tertiary/aromatic N) is 1. The summed E-state index contributed by atoms with van der Waals surface area (Å²) < 4.78 is 6.61. The molecule has 0 unspecified atom stereocenters. The Kier molecular flexibility index (Phi) is 6.83. The number of hydrogen-bond acceptors (Lipinski definition) is 5. The van der Waals surface area contributed by atoms with E-state index in [1.54, 1.807) is 18.2 Å². The molecule has 0 aliphatic rings. The summed E-state index contributed by atoms with van der Waals surface area (Å²) >= 11 is 24.9. The molecular weight excluding hydrogens is 509 g/mol. The number of hydrogen-bond donors (Lipinski definition) is 2. The molecule has 4 aromatic rings. The van der Waals surface area contributed by atoms with Gasteiger partial charge in [-0.25, -0.2) is 4.98 Å². The van der Waals surface area contributed by atoms with Crippen LogP contribution in [0.2, 0.25) is 15.1 Å². The maximum Gasteiger partial charge on any atom is 0.250 e. The van der Waals surface area contributed by atoms with Crippen LogP contribution in [0.25, 0.3) is 27.6 Å². The van der Waals surface area contributed by atoms with Crippen molar-refractivity contribution in [2.24, 2.45) is 0 Å². The Labute approximate surface area is 208 Å². The Bertz CT molecular complexity index is 1380.